The van der Waals surface area contributed by atoms with Crippen molar-refractivity contribution in [2.45, 2.75) is 13.0 Å². The van der Waals surface area contributed by atoms with Crippen molar-refractivity contribution >= 4 is 29.2 Å². The van der Waals surface area contributed by atoms with Gasteiger partial charge in [-0.15, -0.1) is 0 Å². The number of halogens is 2. The molecule has 0 amide bonds. The maximum absolute atomic E-state index is 10.2. The molecule has 1 N–H and O–H groups in total. The van der Waals surface area contributed by atoms with Gasteiger partial charge in [0.1, 0.15) is 0 Å². The van der Waals surface area contributed by atoms with Crippen molar-refractivity contribution < 1.29 is 14.6 Å². The lowest BCUT2D eigenvalue weighted by Gasteiger charge is -2.06. The average Bonchev–Trinajstić information content (AvgIpc) is 1.99. The van der Waals surface area contributed by atoms with Gasteiger partial charge in [0, 0.05) is 5.54 Å². The molecule has 0 radical (unpaired) electrons. The Hall–Kier alpha value is -0.250. The van der Waals surface area contributed by atoms with Gasteiger partial charge in [-0.05, 0) is 6.92 Å². The van der Waals surface area contributed by atoms with Crippen LogP contribution in [0, 0.1) is 0 Å². The molecule has 5 heteroatoms. The van der Waals surface area contributed by atoms with Crippen molar-refractivity contribution in [3.05, 3.63) is 10.6 Å². The van der Waals surface area contributed by atoms with Gasteiger partial charge >= 0.3 is 5.97 Å². The molecule has 1 atom stereocenters. The Morgan fingerprint density at radius 1 is 1.82 bits per heavy atom. The van der Waals surface area contributed by atoms with Crippen LogP contribution in [0.3, 0.4) is 0 Å². The van der Waals surface area contributed by atoms with E-state index in [0.29, 0.717) is 0 Å². The Kier molecular flexibility index (Phi) is 5.28. The zero-order valence-electron chi connectivity index (χ0n) is 5.88. The van der Waals surface area contributed by atoms with E-state index in [0.717, 1.165) is 5.54 Å². The maximum Gasteiger partial charge on any atom is 0.332 e. The molecular formula is C6H8Cl2O3. The summed E-state index contributed by atoms with van der Waals surface area (Å²) in [7, 11) is 0. The van der Waals surface area contributed by atoms with E-state index in [9.17, 15) is 4.79 Å². The van der Waals surface area contributed by atoms with Crippen LogP contribution in [0.4, 0.5) is 0 Å². The molecule has 11 heavy (non-hydrogen) atoms. The Morgan fingerprint density at radius 3 is 2.73 bits per heavy atom. The molecule has 0 fully saturated rings. The van der Waals surface area contributed by atoms with Crippen molar-refractivity contribution in [3.63, 3.8) is 0 Å². The predicted molar refractivity (Wildman–Crippen MR) is 42.8 cm³/mol. The van der Waals surface area contributed by atoms with Crippen LogP contribution in [0.2, 0.25) is 0 Å². The molecule has 3 nitrogen and oxygen atoms in total. The van der Waals surface area contributed by atoms with Gasteiger partial charge in [0.15, 0.2) is 6.10 Å². The summed E-state index contributed by atoms with van der Waals surface area (Å²) in [6, 6.07) is 0. The Balaban J connectivity index is 3.62. The molecule has 0 aromatic heterocycles. The van der Waals surface area contributed by atoms with Gasteiger partial charge in [-0.3, -0.25) is 0 Å². The second kappa shape index (κ2) is 5.41. The van der Waals surface area contributed by atoms with E-state index in [-0.39, 0.29) is 11.6 Å². The summed E-state index contributed by atoms with van der Waals surface area (Å²) in [4.78, 5) is 10.2. The molecule has 0 unspecified atom stereocenters. The normalized spacial score (nSPS) is 14.6. The molecule has 0 rings (SSSR count). The minimum absolute atomic E-state index is 0.0263. The minimum Gasteiger partial charge on any atom is -0.479 e. The fourth-order valence-corrected chi connectivity index (χ4v) is 0.433. The lowest BCUT2D eigenvalue weighted by atomic mass is 10.4. The van der Waals surface area contributed by atoms with Gasteiger partial charge < -0.3 is 9.84 Å². The SMILES string of the molecule is C[C@@H](OCC(Cl)=CCl)C(=O)O. The van der Waals surface area contributed by atoms with E-state index < -0.39 is 12.1 Å². The van der Waals surface area contributed by atoms with Crippen LogP contribution in [-0.4, -0.2) is 23.8 Å². The standard InChI is InChI=1S/C6H8Cl2O3/c1-4(6(9)10)11-3-5(8)2-7/h2,4H,3H2,1H3,(H,9,10)/t4-/m1/s1. The highest BCUT2D eigenvalue weighted by atomic mass is 35.5. The summed E-state index contributed by atoms with van der Waals surface area (Å²) in [5.74, 6) is -1.02. The third-order valence-electron chi connectivity index (χ3n) is 0.937. The molecule has 0 aromatic carbocycles. The highest BCUT2D eigenvalue weighted by Crippen LogP contribution is 2.04. The first-order chi connectivity index (χ1) is 5.07. The number of ether oxygens (including phenoxy) is 1. The van der Waals surface area contributed by atoms with E-state index in [1.807, 2.05) is 0 Å². The number of hydrogen-bond donors (Lipinski definition) is 1. The molecule has 0 saturated carbocycles. The zero-order chi connectivity index (χ0) is 8.85. The molecule has 0 aliphatic heterocycles. The van der Waals surface area contributed by atoms with E-state index in [1.165, 1.54) is 6.92 Å². The topological polar surface area (TPSA) is 46.5 Å². The summed E-state index contributed by atoms with van der Waals surface area (Å²) in [5, 5.41) is 8.62. The van der Waals surface area contributed by atoms with Crippen LogP contribution in [0.1, 0.15) is 6.92 Å². The van der Waals surface area contributed by atoms with Crippen LogP contribution >= 0.6 is 23.2 Å². The smallest absolute Gasteiger partial charge is 0.332 e. The summed E-state index contributed by atoms with van der Waals surface area (Å²) in [6.45, 7) is 1.44. The molecule has 0 aliphatic carbocycles. The van der Waals surface area contributed by atoms with Crippen molar-refractivity contribution in [3.8, 4) is 0 Å². The molecule has 0 aliphatic rings. The first-order valence-electron chi connectivity index (χ1n) is 2.87. The molecular weight excluding hydrogens is 191 g/mol. The maximum atomic E-state index is 10.2. The van der Waals surface area contributed by atoms with Gasteiger partial charge in [0.05, 0.1) is 11.6 Å². The fraction of sp³-hybridized carbons (Fsp3) is 0.500. The van der Waals surface area contributed by atoms with Crippen molar-refractivity contribution in [1.29, 1.82) is 0 Å². The van der Waals surface area contributed by atoms with Crippen LogP contribution in [0.25, 0.3) is 0 Å². The third kappa shape index (κ3) is 5.07. The van der Waals surface area contributed by atoms with Crippen molar-refractivity contribution in [2.75, 3.05) is 6.61 Å². The molecule has 0 spiro atoms. The number of carboxylic acid groups (broad SMARTS) is 1. The summed E-state index contributed by atoms with van der Waals surface area (Å²) >= 11 is 10.6. The largest absolute Gasteiger partial charge is 0.479 e. The van der Waals surface area contributed by atoms with Gasteiger partial charge in [0.25, 0.3) is 0 Å². The monoisotopic (exact) mass is 198 g/mol. The van der Waals surface area contributed by atoms with Crippen LogP contribution in [0.5, 0.6) is 0 Å². The zero-order valence-corrected chi connectivity index (χ0v) is 7.39. The lowest BCUT2D eigenvalue weighted by molar-refractivity contribution is -0.148. The minimum atomic E-state index is -1.02. The Bertz CT molecular complexity index is 167. The number of rotatable bonds is 4. The predicted octanol–water partition coefficient (Wildman–Crippen LogP) is 1.80. The number of aliphatic carboxylic acids is 1. The van der Waals surface area contributed by atoms with E-state index in [1.54, 1.807) is 0 Å². The van der Waals surface area contributed by atoms with Gasteiger partial charge in [-0.1, -0.05) is 23.2 Å². The van der Waals surface area contributed by atoms with Crippen molar-refractivity contribution in [2.24, 2.45) is 0 Å². The molecule has 0 saturated heterocycles. The molecule has 64 valence electrons. The number of hydrogen-bond acceptors (Lipinski definition) is 2. The summed E-state index contributed by atoms with van der Waals surface area (Å²) in [5.41, 5.74) is 1.14. The van der Waals surface area contributed by atoms with Crippen LogP contribution in [0.15, 0.2) is 10.6 Å². The van der Waals surface area contributed by atoms with E-state index in [4.69, 9.17) is 33.0 Å². The number of carbonyl (C=O) groups is 1. The van der Waals surface area contributed by atoms with Crippen LogP contribution in [-0.2, 0) is 9.53 Å². The second-order valence-electron chi connectivity index (χ2n) is 1.85. The van der Waals surface area contributed by atoms with Crippen molar-refractivity contribution in [1.82, 2.24) is 0 Å². The third-order valence-corrected chi connectivity index (χ3v) is 1.53. The molecule has 0 bridgehead atoms. The van der Waals surface area contributed by atoms with Gasteiger partial charge in [0.2, 0.25) is 0 Å². The van der Waals surface area contributed by atoms with Gasteiger partial charge in [-0.25, -0.2) is 4.79 Å². The molecule has 0 aromatic rings. The van der Waals surface area contributed by atoms with Gasteiger partial charge in [-0.2, -0.15) is 0 Å². The van der Waals surface area contributed by atoms with Crippen LogP contribution < -0.4 is 0 Å². The highest BCUT2D eigenvalue weighted by molar-refractivity contribution is 6.36. The summed E-state index contributed by atoms with van der Waals surface area (Å²) in [6.07, 6.45) is -0.861. The first kappa shape index (κ1) is 10.8. The lowest BCUT2D eigenvalue weighted by Crippen LogP contribution is -2.20. The number of carboxylic acids is 1. The molecule has 0 heterocycles. The highest BCUT2D eigenvalue weighted by Gasteiger charge is 2.10. The van der Waals surface area contributed by atoms with E-state index >= 15 is 0 Å². The van der Waals surface area contributed by atoms with E-state index in [2.05, 4.69) is 0 Å². The second-order valence-corrected chi connectivity index (χ2v) is 2.55. The quantitative estimate of drug-likeness (QED) is 0.750. The average molecular weight is 199 g/mol. The fourth-order valence-electron chi connectivity index (χ4n) is 0.307. The Labute approximate surface area is 74.6 Å². The summed E-state index contributed by atoms with van der Waals surface area (Å²) < 4.78 is 4.77. The Morgan fingerprint density at radius 2 is 2.36 bits per heavy atom. The first-order valence-corrected chi connectivity index (χ1v) is 3.68.